The smallest absolute Gasteiger partial charge is 0.200 e. The van der Waals surface area contributed by atoms with E-state index in [0.29, 0.717) is 0 Å². The molecule has 0 spiro atoms. The molecule has 7 rings (SSSR count). The molecule has 1 saturated heterocycles. The number of rotatable bonds is 18. The van der Waals surface area contributed by atoms with Crippen LogP contribution in [0.5, 0.6) is 0 Å². The standard InChI is InChI=1S/C47H46O9S2/c48-57(49,40-27-15-5-16-28-40)47(58(50,51)41-29-17-6-18-30-41)46-45(55-34-39-25-13-4-14-26-39)44(54-33-38-23-11-3-12-24-38)43(53-32-37-21-9-2-10-22-37)42(56-46)35-52-31-36-19-7-1-8-20-36/h1-30,42-47H,31-35H2/t42-,43+,44+,45-,46-/m1/s1. The first-order valence-corrected chi connectivity index (χ1v) is 22.2. The summed E-state index contributed by atoms with van der Waals surface area (Å²) in [7, 11) is -9.41. The number of ether oxygens (including phenoxy) is 5. The molecular formula is C47H46O9S2. The molecule has 0 amide bonds. The first-order valence-electron chi connectivity index (χ1n) is 19.1. The first-order chi connectivity index (χ1) is 28.3. The van der Waals surface area contributed by atoms with E-state index in [1.54, 1.807) is 36.4 Å². The molecule has 11 heteroatoms. The van der Waals surface area contributed by atoms with Gasteiger partial charge in [0.2, 0.25) is 0 Å². The summed E-state index contributed by atoms with van der Waals surface area (Å²) in [6, 6.07) is 53.2. The van der Waals surface area contributed by atoms with Crippen molar-refractivity contribution in [1.82, 2.24) is 0 Å². The predicted octanol–water partition coefficient (Wildman–Crippen LogP) is 8.00. The molecule has 300 valence electrons. The monoisotopic (exact) mass is 818 g/mol. The van der Waals surface area contributed by atoms with Gasteiger partial charge in [-0.3, -0.25) is 0 Å². The Labute approximate surface area is 341 Å². The molecule has 0 bridgehead atoms. The van der Waals surface area contributed by atoms with Crippen LogP contribution >= 0.6 is 0 Å². The van der Waals surface area contributed by atoms with Crippen LogP contribution in [-0.2, 0) is 69.8 Å². The maximum absolute atomic E-state index is 15.0. The van der Waals surface area contributed by atoms with Gasteiger partial charge in [0.05, 0.1) is 42.8 Å². The Morgan fingerprint density at radius 2 is 0.741 bits per heavy atom. The highest BCUT2D eigenvalue weighted by Crippen LogP contribution is 2.39. The van der Waals surface area contributed by atoms with Crippen LogP contribution in [0.4, 0.5) is 0 Å². The van der Waals surface area contributed by atoms with E-state index in [0.717, 1.165) is 22.3 Å². The lowest BCUT2D eigenvalue weighted by atomic mass is 9.94. The van der Waals surface area contributed by atoms with Gasteiger partial charge in [-0.05, 0) is 46.5 Å². The van der Waals surface area contributed by atoms with Gasteiger partial charge < -0.3 is 23.7 Å². The third-order valence-electron chi connectivity index (χ3n) is 9.94. The van der Waals surface area contributed by atoms with Crippen molar-refractivity contribution in [1.29, 1.82) is 0 Å². The predicted molar refractivity (Wildman–Crippen MR) is 221 cm³/mol. The van der Waals surface area contributed by atoms with Crippen molar-refractivity contribution < 1.29 is 40.5 Å². The molecule has 1 aliphatic heterocycles. The lowest BCUT2D eigenvalue weighted by Crippen LogP contribution is -2.65. The second kappa shape index (κ2) is 19.6. The first kappa shape index (κ1) is 41.2. The summed E-state index contributed by atoms with van der Waals surface area (Å²) in [6.07, 6.45) is -5.86. The van der Waals surface area contributed by atoms with Crippen LogP contribution < -0.4 is 0 Å². The van der Waals surface area contributed by atoms with Crippen molar-refractivity contribution in [2.45, 2.75) is 71.3 Å². The Bertz CT molecular complexity index is 2280. The van der Waals surface area contributed by atoms with Crippen LogP contribution in [0.3, 0.4) is 0 Å². The topological polar surface area (TPSA) is 114 Å². The molecule has 1 aliphatic rings. The van der Waals surface area contributed by atoms with E-state index in [4.69, 9.17) is 23.7 Å². The van der Waals surface area contributed by atoms with Crippen LogP contribution in [-0.4, -0.2) is 58.5 Å². The largest absolute Gasteiger partial charge is 0.374 e. The number of sulfone groups is 2. The third kappa shape index (κ3) is 10.2. The number of benzene rings is 6. The van der Waals surface area contributed by atoms with Gasteiger partial charge in [0, 0.05) is 0 Å². The van der Waals surface area contributed by atoms with Gasteiger partial charge in [-0.1, -0.05) is 158 Å². The summed E-state index contributed by atoms with van der Waals surface area (Å²) in [6.45, 7) is 0.382. The lowest BCUT2D eigenvalue weighted by molar-refractivity contribution is -0.269. The highest BCUT2D eigenvalue weighted by molar-refractivity contribution is 8.09. The maximum Gasteiger partial charge on any atom is 0.200 e. The zero-order valence-corrected chi connectivity index (χ0v) is 33.4. The molecule has 0 N–H and O–H groups in total. The average molecular weight is 819 g/mol. The summed E-state index contributed by atoms with van der Waals surface area (Å²) in [5.74, 6) is 0. The van der Waals surface area contributed by atoms with Gasteiger partial charge in [-0.15, -0.1) is 0 Å². The van der Waals surface area contributed by atoms with Gasteiger partial charge in [0.25, 0.3) is 0 Å². The van der Waals surface area contributed by atoms with Crippen LogP contribution in [0.1, 0.15) is 22.3 Å². The quantitative estimate of drug-likeness (QED) is 0.0852. The van der Waals surface area contributed by atoms with Crippen molar-refractivity contribution >= 4 is 19.7 Å². The van der Waals surface area contributed by atoms with Gasteiger partial charge >= 0.3 is 0 Å². The molecular weight excluding hydrogens is 773 g/mol. The fourth-order valence-electron chi connectivity index (χ4n) is 7.05. The van der Waals surface area contributed by atoms with E-state index < -0.39 is 54.8 Å². The minimum Gasteiger partial charge on any atom is -0.374 e. The molecule has 0 unspecified atom stereocenters. The van der Waals surface area contributed by atoms with Gasteiger partial charge in [-0.2, -0.15) is 0 Å². The van der Waals surface area contributed by atoms with Crippen LogP contribution in [0, 0.1) is 0 Å². The maximum atomic E-state index is 15.0. The fourth-order valence-corrected chi connectivity index (χ4v) is 11.8. The van der Waals surface area contributed by atoms with E-state index >= 15 is 16.8 Å². The normalized spacial score (nSPS) is 19.8. The van der Waals surface area contributed by atoms with Gasteiger partial charge in [0.1, 0.15) is 30.5 Å². The summed E-state index contributed by atoms with van der Waals surface area (Å²) in [4.78, 5) is -0.350. The second-order valence-electron chi connectivity index (χ2n) is 14.0. The Morgan fingerprint density at radius 1 is 0.414 bits per heavy atom. The molecule has 9 nitrogen and oxygen atoms in total. The zero-order valence-electron chi connectivity index (χ0n) is 31.8. The van der Waals surface area contributed by atoms with Crippen molar-refractivity contribution in [3.05, 3.63) is 204 Å². The molecule has 58 heavy (non-hydrogen) atoms. The summed E-state index contributed by atoms with van der Waals surface area (Å²) in [5.41, 5.74) is 3.42. The third-order valence-corrected chi connectivity index (χ3v) is 15.1. The second-order valence-corrected chi connectivity index (χ2v) is 18.4. The van der Waals surface area contributed by atoms with Gasteiger partial charge in [0.15, 0.2) is 24.3 Å². The highest BCUT2D eigenvalue weighted by atomic mass is 32.3. The van der Waals surface area contributed by atoms with E-state index in [-0.39, 0.29) is 42.8 Å². The fraction of sp³-hybridized carbons (Fsp3) is 0.234. The molecule has 0 aromatic heterocycles. The molecule has 1 heterocycles. The molecule has 0 radical (unpaired) electrons. The number of hydrogen-bond acceptors (Lipinski definition) is 9. The van der Waals surface area contributed by atoms with Crippen LogP contribution in [0.2, 0.25) is 0 Å². The average Bonchev–Trinajstić information content (AvgIpc) is 3.27. The van der Waals surface area contributed by atoms with Crippen molar-refractivity contribution in [2.75, 3.05) is 6.61 Å². The summed E-state index contributed by atoms with van der Waals surface area (Å²) >= 11 is 0. The minimum absolute atomic E-state index is 0.000627. The summed E-state index contributed by atoms with van der Waals surface area (Å²) < 4.78 is 91.4. The van der Waals surface area contributed by atoms with E-state index in [1.165, 1.54) is 24.3 Å². The van der Waals surface area contributed by atoms with Crippen LogP contribution in [0.15, 0.2) is 192 Å². The SMILES string of the molecule is O=S(=O)(c1ccccc1)C([C@@H]1O[C@H](COCc2ccccc2)[C@H](OCc2ccccc2)[C@H](OCc2ccccc2)[C@H]1OCc1ccccc1)S(=O)(=O)c1ccccc1. The molecule has 0 saturated carbocycles. The highest BCUT2D eigenvalue weighted by Gasteiger charge is 2.58. The van der Waals surface area contributed by atoms with E-state index in [1.807, 2.05) is 121 Å². The molecule has 6 aromatic carbocycles. The molecule has 1 fully saturated rings. The molecule has 6 aromatic rings. The van der Waals surface area contributed by atoms with Crippen LogP contribution in [0.25, 0.3) is 0 Å². The van der Waals surface area contributed by atoms with E-state index in [9.17, 15) is 0 Å². The van der Waals surface area contributed by atoms with Gasteiger partial charge in [-0.25, -0.2) is 16.8 Å². The van der Waals surface area contributed by atoms with E-state index in [2.05, 4.69) is 0 Å². The lowest BCUT2D eigenvalue weighted by Gasteiger charge is -2.47. The summed E-state index contributed by atoms with van der Waals surface area (Å²) in [5, 5.41) is 0. The Kier molecular flexibility index (Phi) is 14.0. The zero-order chi connectivity index (χ0) is 40.2. The molecule has 5 atom stereocenters. The van der Waals surface area contributed by atoms with Crippen molar-refractivity contribution in [3.63, 3.8) is 0 Å². The number of hydrogen-bond donors (Lipinski definition) is 0. The Balaban J connectivity index is 1.37. The minimum atomic E-state index is -4.70. The Morgan fingerprint density at radius 3 is 1.14 bits per heavy atom. The molecule has 0 aliphatic carbocycles. The van der Waals surface area contributed by atoms with Crippen molar-refractivity contribution in [3.8, 4) is 0 Å². The van der Waals surface area contributed by atoms with Crippen molar-refractivity contribution in [2.24, 2.45) is 0 Å². The Hall–Kier alpha value is -4.98.